The van der Waals surface area contributed by atoms with Gasteiger partial charge in [-0.3, -0.25) is 9.59 Å². The first-order valence-corrected chi connectivity index (χ1v) is 14.8. The third kappa shape index (κ3) is 6.51. The summed E-state index contributed by atoms with van der Waals surface area (Å²) in [6, 6.07) is 14.1. The Labute approximate surface area is 237 Å². The average Bonchev–Trinajstić information content (AvgIpc) is 3.07. The van der Waals surface area contributed by atoms with Crippen LogP contribution in [0.3, 0.4) is 0 Å². The molecule has 1 aliphatic carbocycles. The summed E-state index contributed by atoms with van der Waals surface area (Å²) in [5, 5.41) is 9.49. The maximum Gasteiger partial charge on any atom is 0.410 e. The molecule has 2 aromatic carbocycles. The van der Waals surface area contributed by atoms with Crippen LogP contribution in [0.5, 0.6) is 0 Å². The van der Waals surface area contributed by atoms with Crippen molar-refractivity contribution >= 4 is 18.0 Å². The largest absolute Gasteiger partial charge is 0.481 e. The smallest absolute Gasteiger partial charge is 0.410 e. The van der Waals surface area contributed by atoms with Crippen molar-refractivity contribution in [1.82, 2.24) is 9.80 Å². The van der Waals surface area contributed by atoms with E-state index in [0.717, 1.165) is 79.7 Å². The summed E-state index contributed by atoms with van der Waals surface area (Å²) >= 11 is 0. The summed E-state index contributed by atoms with van der Waals surface area (Å²) in [4.78, 5) is 41.3. The molecule has 40 heavy (non-hydrogen) atoms. The highest BCUT2D eigenvalue weighted by Crippen LogP contribution is 2.36. The minimum Gasteiger partial charge on any atom is -0.481 e. The molecule has 5 rings (SSSR count). The normalized spacial score (nSPS) is 20.3. The van der Waals surface area contributed by atoms with Gasteiger partial charge in [-0.1, -0.05) is 30.3 Å². The highest BCUT2D eigenvalue weighted by molar-refractivity contribution is 5.94. The van der Waals surface area contributed by atoms with Gasteiger partial charge in [0.15, 0.2) is 0 Å². The van der Waals surface area contributed by atoms with Crippen molar-refractivity contribution in [3.05, 3.63) is 70.3 Å². The number of carbonyl (C=O) groups excluding carboxylic acids is 2. The molecular weight excluding hydrogens is 504 g/mol. The van der Waals surface area contributed by atoms with Crippen LogP contribution in [0.4, 0.5) is 4.79 Å². The van der Waals surface area contributed by atoms with Crippen molar-refractivity contribution in [1.29, 1.82) is 0 Å². The van der Waals surface area contributed by atoms with Crippen LogP contribution in [-0.4, -0.2) is 64.7 Å². The number of fused-ring (bicyclic) bond motifs is 2. The van der Waals surface area contributed by atoms with Crippen molar-refractivity contribution in [3.63, 3.8) is 0 Å². The van der Waals surface area contributed by atoms with Gasteiger partial charge in [-0.2, -0.15) is 0 Å². The van der Waals surface area contributed by atoms with Crippen LogP contribution < -0.4 is 0 Å². The number of piperidine rings is 2. The summed E-state index contributed by atoms with van der Waals surface area (Å²) in [7, 11) is 0. The number of nitrogens with zero attached hydrogens (tertiary/aromatic N) is 2. The van der Waals surface area contributed by atoms with Gasteiger partial charge >= 0.3 is 12.1 Å². The van der Waals surface area contributed by atoms with Crippen molar-refractivity contribution in [2.24, 2.45) is 11.8 Å². The van der Waals surface area contributed by atoms with Crippen molar-refractivity contribution in [2.75, 3.05) is 26.2 Å². The van der Waals surface area contributed by atoms with Gasteiger partial charge in [0.2, 0.25) is 0 Å². The van der Waals surface area contributed by atoms with Gasteiger partial charge in [-0.15, -0.1) is 0 Å². The topological polar surface area (TPSA) is 87.2 Å². The van der Waals surface area contributed by atoms with Gasteiger partial charge < -0.3 is 19.6 Å². The number of carbonyl (C=O) groups is 3. The van der Waals surface area contributed by atoms with E-state index in [0.29, 0.717) is 24.7 Å². The summed E-state index contributed by atoms with van der Waals surface area (Å²) < 4.78 is 5.54. The molecular formula is C33H42N2O5. The van der Waals surface area contributed by atoms with E-state index in [2.05, 4.69) is 6.07 Å². The highest BCUT2D eigenvalue weighted by atomic mass is 16.6. The van der Waals surface area contributed by atoms with Crippen molar-refractivity contribution in [3.8, 4) is 0 Å². The van der Waals surface area contributed by atoms with Gasteiger partial charge in [-0.05, 0) is 111 Å². The number of amides is 2. The maximum absolute atomic E-state index is 13.5. The lowest BCUT2D eigenvalue weighted by molar-refractivity contribution is -0.137. The quantitative estimate of drug-likeness (QED) is 0.517. The van der Waals surface area contributed by atoms with E-state index in [4.69, 9.17) is 4.74 Å². The molecule has 1 atom stereocenters. The van der Waals surface area contributed by atoms with Crippen LogP contribution >= 0.6 is 0 Å². The Morgan fingerprint density at radius 2 is 1.48 bits per heavy atom. The zero-order valence-corrected chi connectivity index (χ0v) is 24.0. The Morgan fingerprint density at radius 3 is 2.10 bits per heavy atom. The van der Waals surface area contributed by atoms with Gasteiger partial charge in [0.1, 0.15) is 5.60 Å². The average molecular weight is 547 g/mol. The molecule has 0 saturated carbocycles. The molecule has 2 fully saturated rings. The summed E-state index contributed by atoms with van der Waals surface area (Å²) in [5.41, 5.74) is 4.76. The van der Waals surface area contributed by atoms with E-state index < -0.39 is 11.6 Å². The number of benzene rings is 2. The number of carboxylic acid groups (broad SMARTS) is 1. The van der Waals surface area contributed by atoms with E-state index in [1.54, 1.807) is 0 Å². The SMILES string of the molecule is CC(C)(C)OC(=O)N1CCC(C2CCN(C(=O)c3ccc4c(c3)Cc3ccccc3C(CC(=O)O)C4)CC2)CC1. The lowest BCUT2D eigenvalue weighted by Gasteiger charge is -2.40. The molecule has 7 heteroatoms. The molecule has 7 nitrogen and oxygen atoms in total. The number of hydrogen-bond donors (Lipinski definition) is 1. The molecule has 214 valence electrons. The van der Waals surface area contributed by atoms with E-state index in [9.17, 15) is 19.5 Å². The molecule has 3 aliphatic rings. The van der Waals surface area contributed by atoms with Gasteiger partial charge in [0.05, 0.1) is 6.42 Å². The minimum atomic E-state index is -0.785. The van der Waals surface area contributed by atoms with Crippen molar-refractivity contribution < 1.29 is 24.2 Å². The van der Waals surface area contributed by atoms with Crippen LogP contribution in [0.1, 0.15) is 91.4 Å². The number of carboxylic acids is 1. The second-order valence-corrected chi connectivity index (χ2v) is 12.8. The highest BCUT2D eigenvalue weighted by Gasteiger charge is 2.34. The lowest BCUT2D eigenvalue weighted by Crippen LogP contribution is -2.45. The van der Waals surface area contributed by atoms with Crippen LogP contribution in [0.25, 0.3) is 0 Å². The zero-order chi connectivity index (χ0) is 28.4. The molecule has 1 unspecified atom stereocenters. The molecule has 2 heterocycles. The first-order valence-electron chi connectivity index (χ1n) is 14.8. The molecule has 0 spiro atoms. The molecule has 2 amide bonds. The predicted molar refractivity (Wildman–Crippen MR) is 154 cm³/mol. The summed E-state index contributed by atoms with van der Waals surface area (Å²) in [5.74, 6) is 0.404. The fraction of sp³-hybridized carbons (Fsp3) is 0.545. The van der Waals surface area contributed by atoms with Crippen LogP contribution in [0.2, 0.25) is 0 Å². The number of aliphatic carboxylic acids is 1. The number of rotatable bonds is 4. The first kappa shape index (κ1) is 28.2. The van der Waals surface area contributed by atoms with Gasteiger partial charge in [0.25, 0.3) is 5.91 Å². The Bertz CT molecular complexity index is 1250. The molecule has 2 saturated heterocycles. The van der Waals surface area contributed by atoms with Crippen molar-refractivity contribution in [2.45, 2.75) is 77.2 Å². The van der Waals surface area contributed by atoms with E-state index in [1.165, 1.54) is 0 Å². The second kappa shape index (κ2) is 11.6. The Kier molecular flexibility index (Phi) is 8.20. The molecule has 2 aliphatic heterocycles. The first-order chi connectivity index (χ1) is 19.1. The monoisotopic (exact) mass is 546 g/mol. The molecule has 0 radical (unpaired) electrons. The maximum atomic E-state index is 13.5. The van der Waals surface area contributed by atoms with E-state index in [1.807, 2.05) is 67.0 Å². The molecule has 0 aromatic heterocycles. The molecule has 0 bridgehead atoms. The number of likely N-dealkylation sites (tertiary alicyclic amines) is 2. The summed E-state index contributed by atoms with van der Waals surface area (Å²) in [6.07, 6.45) is 5.26. The standard InChI is InChI=1S/C33H42N2O5/c1-33(2,3)40-32(39)35-16-12-23(13-17-35)22-10-14-34(15-11-22)31(38)26-9-8-24-18-28(21-30(36)37)29-7-5-4-6-25(29)19-27(24)20-26/h4-9,20,22-23,28H,10-19,21H2,1-3H3,(H,36,37). The zero-order valence-electron chi connectivity index (χ0n) is 24.0. The summed E-state index contributed by atoms with van der Waals surface area (Å²) in [6.45, 7) is 8.69. The van der Waals surface area contributed by atoms with Crippen LogP contribution in [0.15, 0.2) is 42.5 Å². The van der Waals surface area contributed by atoms with Crippen LogP contribution in [0, 0.1) is 11.8 Å². The van der Waals surface area contributed by atoms with E-state index in [-0.39, 0.29) is 24.3 Å². The third-order valence-corrected chi connectivity index (χ3v) is 8.90. The van der Waals surface area contributed by atoms with E-state index >= 15 is 0 Å². The second-order valence-electron chi connectivity index (χ2n) is 12.8. The fourth-order valence-corrected chi connectivity index (χ4v) is 6.83. The Balaban J connectivity index is 1.19. The third-order valence-electron chi connectivity index (χ3n) is 8.90. The number of hydrogen-bond acceptors (Lipinski definition) is 4. The van der Waals surface area contributed by atoms with Crippen LogP contribution in [-0.2, 0) is 22.4 Å². The van der Waals surface area contributed by atoms with Gasteiger partial charge in [-0.25, -0.2) is 4.79 Å². The number of ether oxygens (including phenoxy) is 1. The predicted octanol–water partition coefficient (Wildman–Crippen LogP) is 5.89. The Hall–Kier alpha value is -3.35. The molecule has 2 aromatic rings. The minimum absolute atomic E-state index is 0.0634. The van der Waals surface area contributed by atoms with Gasteiger partial charge in [0, 0.05) is 31.7 Å². The molecule has 1 N–H and O–H groups in total. The lowest BCUT2D eigenvalue weighted by atomic mass is 9.79. The Morgan fingerprint density at radius 1 is 0.850 bits per heavy atom. The fourth-order valence-electron chi connectivity index (χ4n) is 6.83.